The molecule has 2 aromatic heterocycles. The summed E-state index contributed by atoms with van der Waals surface area (Å²) in [6.07, 6.45) is 5.30. The van der Waals surface area contributed by atoms with Gasteiger partial charge in [0.05, 0.1) is 18.8 Å². The summed E-state index contributed by atoms with van der Waals surface area (Å²) in [5.41, 5.74) is 0.959. The molecular formula is C21H24N6O2. The Hall–Kier alpha value is -3.42. The number of anilines is 1. The van der Waals surface area contributed by atoms with Gasteiger partial charge in [-0.1, -0.05) is 30.3 Å². The molecule has 0 saturated carbocycles. The third-order valence-electron chi connectivity index (χ3n) is 5.15. The van der Waals surface area contributed by atoms with Crippen LogP contribution in [0.2, 0.25) is 0 Å². The Kier molecular flexibility index (Phi) is 5.69. The normalized spacial score (nSPS) is 16.4. The van der Waals surface area contributed by atoms with Crippen molar-refractivity contribution < 1.29 is 9.21 Å². The zero-order valence-electron chi connectivity index (χ0n) is 16.4. The number of carbonyl (C=O) groups excluding carboxylic acids is 1. The van der Waals surface area contributed by atoms with Gasteiger partial charge in [0.25, 0.3) is 0 Å². The zero-order valence-corrected chi connectivity index (χ0v) is 16.4. The number of benzene rings is 1. The van der Waals surface area contributed by atoms with Crippen LogP contribution < -0.4 is 10.2 Å². The molecule has 1 N–H and O–H groups in total. The van der Waals surface area contributed by atoms with E-state index in [4.69, 9.17) is 4.42 Å². The molecule has 4 rings (SSSR count). The number of piperidine rings is 1. The van der Waals surface area contributed by atoms with Crippen LogP contribution in [0.15, 0.2) is 59.3 Å². The third kappa shape index (κ3) is 4.53. The number of aromatic nitrogens is 3. The van der Waals surface area contributed by atoms with E-state index in [0.717, 1.165) is 37.3 Å². The highest BCUT2D eigenvalue weighted by Gasteiger charge is 2.27. The first kappa shape index (κ1) is 18.9. The number of likely N-dealkylation sites (N-methyl/N-ethyl adjacent to an activating group) is 1. The highest BCUT2D eigenvalue weighted by Crippen LogP contribution is 2.21. The van der Waals surface area contributed by atoms with Crippen LogP contribution in [0.3, 0.4) is 0 Å². The Bertz CT molecular complexity index is 931. The second kappa shape index (κ2) is 8.72. The van der Waals surface area contributed by atoms with Gasteiger partial charge >= 0.3 is 6.03 Å². The Morgan fingerprint density at radius 2 is 2.14 bits per heavy atom. The number of amides is 2. The van der Waals surface area contributed by atoms with E-state index in [-0.39, 0.29) is 18.6 Å². The maximum Gasteiger partial charge on any atom is 0.317 e. The smallest absolute Gasteiger partial charge is 0.317 e. The first-order valence-corrected chi connectivity index (χ1v) is 9.74. The molecule has 1 aromatic carbocycles. The minimum absolute atomic E-state index is 0.107. The molecule has 8 nitrogen and oxygen atoms in total. The lowest BCUT2D eigenvalue weighted by molar-refractivity contribution is 0.181. The monoisotopic (exact) mass is 392 g/mol. The van der Waals surface area contributed by atoms with Crippen LogP contribution in [0.25, 0.3) is 11.3 Å². The molecule has 0 unspecified atom stereocenters. The van der Waals surface area contributed by atoms with E-state index in [1.807, 2.05) is 49.5 Å². The lowest BCUT2D eigenvalue weighted by Gasteiger charge is -2.37. The first-order chi connectivity index (χ1) is 14.2. The Labute approximate surface area is 169 Å². The molecule has 8 heteroatoms. The van der Waals surface area contributed by atoms with Gasteiger partial charge in [-0.05, 0) is 25.0 Å². The minimum atomic E-state index is -0.143. The molecule has 2 amide bonds. The molecule has 3 heterocycles. The molecule has 1 atom stereocenters. The van der Waals surface area contributed by atoms with Gasteiger partial charge in [0.2, 0.25) is 5.89 Å². The SMILES string of the molecule is CN(C(=O)NCc1ncc(-c2ccccc2)o1)[C@@H]1CCCN(c2cccnn2)C1. The zero-order chi connectivity index (χ0) is 20.1. The van der Waals surface area contributed by atoms with Gasteiger partial charge in [0, 0.05) is 31.9 Å². The summed E-state index contributed by atoms with van der Waals surface area (Å²) < 4.78 is 5.75. The van der Waals surface area contributed by atoms with Gasteiger partial charge in [0.1, 0.15) is 0 Å². The van der Waals surface area contributed by atoms with Gasteiger partial charge in [-0.25, -0.2) is 9.78 Å². The van der Waals surface area contributed by atoms with Crippen molar-refractivity contribution in [1.82, 2.24) is 25.4 Å². The largest absolute Gasteiger partial charge is 0.439 e. The molecule has 150 valence electrons. The van der Waals surface area contributed by atoms with Crippen LogP contribution >= 0.6 is 0 Å². The number of carbonyl (C=O) groups is 1. The van der Waals surface area contributed by atoms with Crippen LogP contribution in [0, 0.1) is 0 Å². The van der Waals surface area contributed by atoms with E-state index in [9.17, 15) is 4.79 Å². The Morgan fingerprint density at radius 1 is 1.28 bits per heavy atom. The lowest BCUT2D eigenvalue weighted by Crippen LogP contribution is -2.51. The van der Waals surface area contributed by atoms with E-state index in [1.54, 1.807) is 17.3 Å². The predicted octanol–water partition coefficient (Wildman–Crippen LogP) is 2.94. The molecule has 0 aliphatic carbocycles. The summed E-state index contributed by atoms with van der Waals surface area (Å²) in [6, 6.07) is 13.6. The quantitative estimate of drug-likeness (QED) is 0.718. The topological polar surface area (TPSA) is 87.4 Å². The van der Waals surface area contributed by atoms with E-state index in [1.165, 1.54) is 0 Å². The fourth-order valence-corrected chi connectivity index (χ4v) is 3.51. The first-order valence-electron chi connectivity index (χ1n) is 9.74. The van der Waals surface area contributed by atoms with Crippen LogP contribution in [-0.2, 0) is 6.54 Å². The van der Waals surface area contributed by atoms with Crippen molar-refractivity contribution in [1.29, 1.82) is 0 Å². The molecule has 0 bridgehead atoms. The highest BCUT2D eigenvalue weighted by atomic mass is 16.4. The predicted molar refractivity (Wildman–Crippen MR) is 109 cm³/mol. The van der Waals surface area contributed by atoms with E-state index >= 15 is 0 Å². The minimum Gasteiger partial charge on any atom is -0.439 e. The van der Waals surface area contributed by atoms with Crippen molar-refractivity contribution in [2.45, 2.75) is 25.4 Å². The van der Waals surface area contributed by atoms with E-state index in [2.05, 4.69) is 25.4 Å². The number of nitrogens with zero attached hydrogens (tertiary/aromatic N) is 5. The van der Waals surface area contributed by atoms with Crippen LogP contribution in [-0.4, -0.2) is 52.3 Å². The average Bonchev–Trinajstić information content (AvgIpc) is 3.27. The second-order valence-electron chi connectivity index (χ2n) is 7.08. The lowest BCUT2D eigenvalue weighted by atomic mass is 10.0. The maximum atomic E-state index is 12.6. The van der Waals surface area contributed by atoms with Crippen molar-refractivity contribution in [3.05, 3.63) is 60.7 Å². The number of hydrogen-bond acceptors (Lipinski definition) is 6. The van der Waals surface area contributed by atoms with Crippen molar-refractivity contribution in [3.8, 4) is 11.3 Å². The van der Waals surface area contributed by atoms with Gasteiger partial charge in [-0.15, -0.1) is 5.10 Å². The standard InChI is InChI=1S/C21H24N6O2/c1-26(17-9-6-12-27(15-17)19-10-5-11-24-25-19)21(28)23-14-20-22-13-18(29-20)16-7-3-2-4-8-16/h2-5,7-8,10-11,13,17H,6,9,12,14-15H2,1H3,(H,23,28)/t17-/m1/s1. The fourth-order valence-electron chi connectivity index (χ4n) is 3.51. The molecule has 29 heavy (non-hydrogen) atoms. The van der Waals surface area contributed by atoms with Crippen LogP contribution in [0.1, 0.15) is 18.7 Å². The molecule has 0 radical (unpaired) electrons. The molecule has 0 spiro atoms. The van der Waals surface area contributed by atoms with Gasteiger partial charge in [0.15, 0.2) is 11.6 Å². The summed E-state index contributed by atoms with van der Waals surface area (Å²) >= 11 is 0. The summed E-state index contributed by atoms with van der Waals surface area (Å²) in [5.74, 6) is 2.02. The van der Waals surface area contributed by atoms with E-state index in [0.29, 0.717) is 11.7 Å². The third-order valence-corrected chi connectivity index (χ3v) is 5.15. The Morgan fingerprint density at radius 3 is 2.93 bits per heavy atom. The van der Waals surface area contributed by atoms with Gasteiger partial charge in [-0.2, -0.15) is 5.10 Å². The van der Waals surface area contributed by atoms with E-state index < -0.39 is 0 Å². The number of nitrogens with one attached hydrogen (secondary N) is 1. The Balaban J connectivity index is 1.32. The van der Waals surface area contributed by atoms with Crippen molar-refractivity contribution in [2.24, 2.45) is 0 Å². The van der Waals surface area contributed by atoms with Crippen molar-refractivity contribution in [2.75, 3.05) is 25.0 Å². The molecular weight excluding hydrogens is 368 g/mol. The highest BCUT2D eigenvalue weighted by molar-refractivity contribution is 5.74. The second-order valence-corrected chi connectivity index (χ2v) is 7.08. The van der Waals surface area contributed by atoms with Crippen LogP contribution in [0.4, 0.5) is 10.6 Å². The van der Waals surface area contributed by atoms with Gasteiger partial charge in [-0.3, -0.25) is 0 Å². The average molecular weight is 392 g/mol. The molecule has 1 saturated heterocycles. The number of rotatable bonds is 5. The molecule has 1 fully saturated rings. The molecule has 1 aliphatic heterocycles. The number of hydrogen-bond donors (Lipinski definition) is 1. The van der Waals surface area contributed by atoms with Crippen LogP contribution in [0.5, 0.6) is 0 Å². The fraction of sp³-hybridized carbons (Fsp3) is 0.333. The summed E-state index contributed by atoms with van der Waals surface area (Å²) in [7, 11) is 1.82. The number of urea groups is 1. The number of oxazole rings is 1. The molecule has 3 aromatic rings. The summed E-state index contributed by atoms with van der Waals surface area (Å²) in [6.45, 7) is 1.90. The van der Waals surface area contributed by atoms with Gasteiger partial charge < -0.3 is 19.5 Å². The van der Waals surface area contributed by atoms with Crippen molar-refractivity contribution in [3.63, 3.8) is 0 Å². The maximum absolute atomic E-state index is 12.6. The van der Waals surface area contributed by atoms with Crippen molar-refractivity contribution >= 4 is 11.8 Å². The molecule has 1 aliphatic rings. The summed E-state index contributed by atoms with van der Waals surface area (Å²) in [4.78, 5) is 20.8. The summed E-state index contributed by atoms with van der Waals surface area (Å²) in [5, 5.41) is 11.0.